The number of aliphatic hydroxyl groups excluding tert-OH is 1. The zero-order chi connectivity index (χ0) is 13.7. The molecule has 0 aromatic heterocycles. The van der Waals surface area contributed by atoms with E-state index < -0.39 is 0 Å². The quantitative estimate of drug-likeness (QED) is 0.772. The first-order valence-electron chi connectivity index (χ1n) is 6.40. The van der Waals surface area contributed by atoms with Gasteiger partial charge in [-0.25, -0.2) is 0 Å². The van der Waals surface area contributed by atoms with Gasteiger partial charge in [0.25, 0.3) is 0 Å². The number of phenols is 1. The van der Waals surface area contributed by atoms with Crippen LogP contribution in [0, 0.1) is 0 Å². The second-order valence-electron chi connectivity index (χ2n) is 4.68. The number of hydrogen-bond donors (Lipinski definition) is 3. The lowest BCUT2D eigenvalue weighted by Crippen LogP contribution is -2.18. The van der Waals surface area contributed by atoms with E-state index >= 15 is 0 Å². The number of aromatic hydroxyl groups is 1. The number of aliphatic hydroxyl groups is 1. The van der Waals surface area contributed by atoms with Gasteiger partial charge in [-0.3, -0.25) is 0 Å². The summed E-state index contributed by atoms with van der Waals surface area (Å²) in [5.41, 5.74) is 3.11. The van der Waals surface area contributed by atoms with Crippen LogP contribution >= 0.6 is 0 Å². The molecule has 100 valence electrons. The molecule has 0 heterocycles. The van der Waals surface area contributed by atoms with E-state index in [4.69, 9.17) is 5.11 Å². The largest absolute Gasteiger partial charge is 0.508 e. The van der Waals surface area contributed by atoms with Crippen molar-refractivity contribution in [2.75, 3.05) is 0 Å². The third kappa shape index (κ3) is 3.81. The molecule has 0 saturated heterocycles. The van der Waals surface area contributed by atoms with Crippen molar-refractivity contribution in [2.24, 2.45) is 0 Å². The molecule has 0 aliphatic heterocycles. The summed E-state index contributed by atoms with van der Waals surface area (Å²) in [6.45, 7) is 2.85. The summed E-state index contributed by atoms with van der Waals surface area (Å²) in [7, 11) is 0. The number of hydrogen-bond acceptors (Lipinski definition) is 3. The molecule has 0 bridgehead atoms. The fraction of sp³-hybridized carbons (Fsp3) is 0.250. The molecule has 0 aliphatic rings. The van der Waals surface area contributed by atoms with Gasteiger partial charge in [0, 0.05) is 12.6 Å². The van der Waals surface area contributed by atoms with Gasteiger partial charge in [0.1, 0.15) is 5.75 Å². The van der Waals surface area contributed by atoms with Crippen molar-refractivity contribution >= 4 is 0 Å². The van der Waals surface area contributed by atoms with Crippen molar-refractivity contribution < 1.29 is 10.2 Å². The van der Waals surface area contributed by atoms with E-state index in [-0.39, 0.29) is 18.4 Å². The molecule has 0 spiro atoms. The molecule has 3 N–H and O–H groups in total. The SMILES string of the molecule is CC(NCc1cccc(CO)c1)c1cccc(O)c1. The van der Waals surface area contributed by atoms with Crippen molar-refractivity contribution in [1.29, 1.82) is 0 Å². The van der Waals surface area contributed by atoms with Gasteiger partial charge in [0.05, 0.1) is 6.61 Å². The molecule has 3 heteroatoms. The highest BCUT2D eigenvalue weighted by Crippen LogP contribution is 2.18. The Morgan fingerprint density at radius 1 is 1.05 bits per heavy atom. The lowest BCUT2D eigenvalue weighted by Gasteiger charge is -2.15. The Morgan fingerprint density at radius 3 is 2.53 bits per heavy atom. The van der Waals surface area contributed by atoms with E-state index in [1.54, 1.807) is 12.1 Å². The van der Waals surface area contributed by atoms with Crippen LogP contribution in [0.5, 0.6) is 5.75 Å². The smallest absolute Gasteiger partial charge is 0.115 e. The van der Waals surface area contributed by atoms with E-state index in [2.05, 4.69) is 12.2 Å². The van der Waals surface area contributed by atoms with Gasteiger partial charge in [-0.1, -0.05) is 36.4 Å². The van der Waals surface area contributed by atoms with Crippen molar-refractivity contribution in [3.63, 3.8) is 0 Å². The molecule has 3 nitrogen and oxygen atoms in total. The normalized spacial score (nSPS) is 12.3. The monoisotopic (exact) mass is 257 g/mol. The average molecular weight is 257 g/mol. The highest BCUT2D eigenvalue weighted by atomic mass is 16.3. The first kappa shape index (κ1) is 13.6. The zero-order valence-electron chi connectivity index (χ0n) is 11.0. The van der Waals surface area contributed by atoms with Crippen molar-refractivity contribution in [3.05, 3.63) is 65.2 Å². The number of benzene rings is 2. The average Bonchev–Trinajstić information content (AvgIpc) is 2.45. The molecular weight excluding hydrogens is 238 g/mol. The minimum Gasteiger partial charge on any atom is -0.508 e. The van der Waals surface area contributed by atoms with Crippen LogP contribution in [0.4, 0.5) is 0 Å². The van der Waals surface area contributed by atoms with E-state index in [0.717, 1.165) is 23.2 Å². The molecule has 0 amide bonds. The highest BCUT2D eigenvalue weighted by Gasteiger charge is 2.05. The molecule has 19 heavy (non-hydrogen) atoms. The highest BCUT2D eigenvalue weighted by molar-refractivity contribution is 5.29. The Kier molecular flexibility index (Phi) is 4.55. The van der Waals surface area contributed by atoms with Gasteiger partial charge in [-0.15, -0.1) is 0 Å². The minimum absolute atomic E-state index is 0.0654. The Hall–Kier alpha value is -1.84. The fourth-order valence-electron chi connectivity index (χ4n) is 2.02. The van der Waals surface area contributed by atoms with Crippen molar-refractivity contribution in [1.82, 2.24) is 5.32 Å². The van der Waals surface area contributed by atoms with Gasteiger partial charge < -0.3 is 15.5 Å². The second kappa shape index (κ2) is 6.36. The molecule has 2 aromatic rings. The fourth-order valence-corrected chi connectivity index (χ4v) is 2.02. The minimum atomic E-state index is 0.0654. The van der Waals surface area contributed by atoms with Crippen molar-refractivity contribution in [2.45, 2.75) is 26.1 Å². The van der Waals surface area contributed by atoms with Crippen LogP contribution in [-0.4, -0.2) is 10.2 Å². The first-order valence-corrected chi connectivity index (χ1v) is 6.40. The van der Waals surface area contributed by atoms with Gasteiger partial charge in [0.2, 0.25) is 0 Å². The van der Waals surface area contributed by atoms with Crippen LogP contribution in [0.2, 0.25) is 0 Å². The first-order chi connectivity index (χ1) is 9.19. The van der Waals surface area contributed by atoms with Crippen LogP contribution in [0.25, 0.3) is 0 Å². The van der Waals surface area contributed by atoms with Gasteiger partial charge in [0.15, 0.2) is 0 Å². The molecular formula is C16H19NO2. The van der Waals surface area contributed by atoms with Crippen LogP contribution in [0.1, 0.15) is 29.7 Å². The summed E-state index contributed by atoms with van der Waals surface area (Å²) in [4.78, 5) is 0. The molecule has 0 aliphatic carbocycles. The van der Waals surface area contributed by atoms with Crippen LogP contribution in [0.15, 0.2) is 48.5 Å². The Morgan fingerprint density at radius 2 is 1.79 bits per heavy atom. The van der Waals surface area contributed by atoms with Gasteiger partial charge in [-0.2, -0.15) is 0 Å². The summed E-state index contributed by atoms with van der Waals surface area (Å²) in [6, 6.07) is 15.3. The predicted octanol–water partition coefficient (Wildman–Crippen LogP) is 2.74. The summed E-state index contributed by atoms with van der Waals surface area (Å²) in [5.74, 6) is 0.286. The van der Waals surface area contributed by atoms with Crippen LogP contribution in [-0.2, 0) is 13.2 Å². The van der Waals surface area contributed by atoms with Gasteiger partial charge in [-0.05, 0) is 35.7 Å². The maximum atomic E-state index is 9.46. The maximum absolute atomic E-state index is 9.46. The van der Waals surface area contributed by atoms with Gasteiger partial charge >= 0.3 is 0 Å². The Balaban J connectivity index is 1.98. The van der Waals surface area contributed by atoms with Crippen LogP contribution < -0.4 is 5.32 Å². The Bertz CT molecular complexity index is 540. The summed E-state index contributed by atoms with van der Waals surface area (Å²) in [5, 5.41) is 22.0. The lowest BCUT2D eigenvalue weighted by atomic mass is 10.1. The van der Waals surface area contributed by atoms with Crippen molar-refractivity contribution in [3.8, 4) is 5.75 Å². The number of rotatable bonds is 5. The third-order valence-electron chi connectivity index (χ3n) is 3.16. The van der Waals surface area contributed by atoms with E-state index in [1.807, 2.05) is 36.4 Å². The predicted molar refractivity (Wildman–Crippen MR) is 75.7 cm³/mol. The molecule has 1 unspecified atom stereocenters. The molecule has 0 fully saturated rings. The van der Waals surface area contributed by atoms with Crippen LogP contribution in [0.3, 0.4) is 0 Å². The Labute approximate surface area is 113 Å². The molecule has 2 aromatic carbocycles. The summed E-state index contributed by atoms with van der Waals surface area (Å²) >= 11 is 0. The van der Waals surface area contributed by atoms with E-state index in [9.17, 15) is 5.11 Å². The molecule has 0 radical (unpaired) electrons. The summed E-state index contributed by atoms with van der Waals surface area (Å²) < 4.78 is 0. The molecule has 2 rings (SSSR count). The standard InChI is InChI=1S/C16H19NO2/c1-12(15-6-3-7-16(19)9-15)17-10-13-4-2-5-14(8-13)11-18/h2-9,12,17-19H,10-11H2,1H3. The number of nitrogens with one attached hydrogen (secondary N) is 1. The molecule has 1 atom stereocenters. The van der Waals surface area contributed by atoms with E-state index in [1.165, 1.54) is 0 Å². The lowest BCUT2D eigenvalue weighted by molar-refractivity contribution is 0.281. The maximum Gasteiger partial charge on any atom is 0.115 e. The topological polar surface area (TPSA) is 52.5 Å². The van der Waals surface area contributed by atoms with E-state index in [0.29, 0.717) is 0 Å². The zero-order valence-corrected chi connectivity index (χ0v) is 11.0. The summed E-state index contributed by atoms with van der Waals surface area (Å²) in [6.07, 6.45) is 0. The number of phenolic OH excluding ortho intramolecular Hbond substituents is 1. The molecule has 0 saturated carbocycles. The third-order valence-corrected chi connectivity index (χ3v) is 3.16. The second-order valence-corrected chi connectivity index (χ2v) is 4.68.